The molecule has 18 heavy (non-hydrogen) atoms. The SMILES string of the molecule is COC(=O)c1ccc(C(=O)OC2CCCC2)cc1. The fraction of sp³-hybridized carbons (Fsp3) is 0.429. The van der Waals surface area contributed by atoms with Crippen LogP contribution in [0.1, 0.15) is 46.4 Å². The fourth-order valence-corrected chi connectivity index (χ4v) is 2.09. The van der Waals surface area contributed by atoms with E-state index in [0.29, 0.717) is 11.1 Å². The van der Waals surface area contributed by atoms with Gasteiger partial charge in [-0.05, 0) is 49.9 Å². The first kappa shape index (κ1) is 12.6. The molecule has 1 aromatic rings. The largest absolute Gasteiger partial charge is 0.465 e. The van der Waals surface area contributed by atoms with E-state index in [4.69, 9.17) is 4.74 Å². The molecule has 0 aliphatic heterocycles. The molecule has 96 valence electrons. The minimum Gasteiger partial charge on any atom is -0.465 e. The van der Waals surface area contributed by atoms with Gasteiger partial charge in [0, 0.05) is 0 Å². The van der Waals surface area contributed by atoms with E-state index in [2.05, 4.69) is 4.74 Å². The van der Waals surface area contributed by atoms with Gasteiger partial charge in [0.15, 0.2) is 0 Å². The molecule has 1 aliphatic carbocycles. The van der Waals surface area contributed by atoms with E-state index < -0.39 is 5.97 Å². The lowest BCUT2D eigenvalue weighted by Crippen LogP contribution is -2.14. The highest BCUT2D eigenvalue weighted by molar-refractivity contribution is 5.93. The molecule has 0 bridgehead atoms. The Morgan fingerprint density at radius 3 is 2.00 bits per heavy atom. The van der Waals surface area contributed by atoms with Crippen LogP contribution in [0.2, 0.25) is 0 Å². The Hall–Kier alpha value is -1.84. The molecule has 0 aromatic heterocycles. The van der Waals surface area contributed by atoms with Crippen molar-refractivity contribution in [2.24, 2.45) is 0 Å². The van der Waals surface area contributed by atoms with Gasteiger partial charge in [-0.1, -0.05) is 0 Å². The van der Waals surface area contributed by atoms with E-state index in [-0.39, 0.29) is 12.1 Å². The van der Waals surface area contributed by atoms with Crippen LogP contribution < -0.4 is 0 Å². The average Bonchev–Trinajstić information content (AvgIpc) is 2.91. The molecule has 0 saturated heterocycles. The molecule has 0 atom stereocenters. The van der Waals surface area contributed by atoms with E-state index >= 15 is 0 Å². The minimum atomic E-state index is -0.411. The first-order valence-electron chi connectivity index (χ1n) is 6.10. The number of carbonyl (C=O) groups is 2. The van der Waals surface area contributed by atoms with Gasteiger partial charge >= 0.3 is 11.9 Å². The molecular weight excluding hydrogens is 232 g/mol. The quantitative estimate of drug-likeness (QED) is 0.771. The lowest BCUT2D eigenvalue weighted by molar-refractivity contribution is 0.0317. The normalized spacial score (nSPS) is 15.4. The van der Waals surface area contributed by atoms with Crippen LogP contribution in [0.5, 0.6) is 0 Å². The van der Waals surface area contributed by atoms with Crippen molar-refractivity contribution < 1.29 is 19.1 Å². The molecule has 0 N–H and O–H groups in total. The van der Waals surface area contributed by atoms with Crippen LogP contribution in [0.25, 0.3) is 0 Å². The molecule has 1 aromatic carbocycles. The summed E-state index contributed by atoms with van der Waals surface area (Å²) in [6.07, 6.45) is 4.20. The summed E-state index contributed by atoms with van der Waals surface area (Å²) in [6, 6.07) is 6.31. The maximum Gasteiger partial charge on any atom is 0.338 e. The predicted octanol–water partition coefficient (Wildman–Crippen LogP) is 2.57. The van der Waals surface area contributed by atoms with Gasteiger partial charge in [0.05, 0.1) is 18.2 Å². The summed E-state index contributed by atoms with van der Waals surface area (Å²) in [5.41, 5.74) is 0.893. The van der Waals surface area contributed by atoms with Crippen molar-refractivity contribution in [2.75, 3.05) is 7.11 Å². The number of benzene rings is 1. The Bertz CT molecular complexity index is 430. The maximum absolute atomic E-state index is 11.8. The highest BCUT2D eigenvalue weighted by Crippen LogP contribution is 2.22. The molecule has 2 rings (SSSR count). The lowest BCUT2D eigenvalue weighted by Gasteiger charge is -2.11. The summed E-state index contributed by atoms with van der Waals surface area (Å²) < 4.78 is 9.96. The second-order valence-electron chi connectivity index (χ2n) is 4.38. The molecular formula is C14H16O4. The van der Waals surface area contributed by atoms with Crippen molar-refractivity contribution in [3.63, 3.8) is 0 Å². The van der Waals surface area contributed by atoms with Gasteiger partial charge in [-0.2, -0.15) is 0 Å². The molecule has 1 fully saturated rings. The number of rotatable bonds is 3. The van der Waals surface area contributed by atoms with Crippen molar-refractivity contribution >= 4 is 11.9 Å². The van der Waals surface area contributed by atoms with Crippen LogP contribution in [0.4, 0.5) is 0 Å². The van der Waals surface area contributed by atoms with Gasteiger partial charge in [0.25, 0.3) is 0 Å². The van der Waals surface area contributed by atoms with Crippen LogP contribution in [0.15, 0.2) is 24.3 Å². The smallest absolute Gasteiger partial charge is 0.338 e. The summed E-state index contributed by atoms with van der Waals surface area (Å²) in [7, 11) is 1.32. The van der Waals surface area contributed by atoms with E-state index in [1.54, 1.807) is 24.3 Å². The Kier molecular flexibility index (Phi) is 3.97. The zero-order valence-corrected chi connectivity index (χ0v) is 10.3. The predicted molar refractivity (Wildman–Crippen MR) is 65.5 cm³/mol. The zero-order chi connectivity index (χ0) is 13.0. The summed E-state index contributed by atoms with van der Waals surface area (Å²) in [6.45, 7) is 0. The molecule has 1 aliphatic rings. The van der Waals surface area contributed by atoms with Crippen molar-refractivity contribution in [3.05, 3.63) is 35.4 Å². The number of hydrogen-bond donors (Lipinski definition) is 0. The first-order chi connectivity index (χ1) is 8.70. The standard InChI is InChI=1S/C14H16O4/c1-17-13(15)10-6-8-11(9-7-10)14(16)18-12-4-2-3-5-12/h6-9,12H,2-5H2,1H3. The Balaban J connectivity index is 2.00. The Morgan fingerprint density at radius 2 is 1.50 bits per heavy atom. The molecule has 0 unspecified atom stereocenters. The zero-order valence-electron chi connectivity index (χ0n) is 10.3. The molecule has 0 spiro atoms. The van der Waals surface area contributed by atoms with Gasteiger partial charge in [0.1, 0.15) is 6.10 Å². The van der Waals surface area contributed by atoms with Crippen molar-refractivity contribution in [2.45, 2.75) is 31.8 Å². The van der Waals surface area contributed by atoms with Crippen LogP contribution in [-0.2, 0) is 9.47 Å². The summed E-state index contributed by atoms with van der Waals surface area (Å²) in [5, 5.41) is 0. The number of esters is 2. The number of ether oxygens (including phenoxy) is 2. The van der Waals surface area contributed by atoms with Crippen molar-refractivity contribution in [1.82, 2.24) is 0 Å². The second kappa shape index (κ2) is 5.67. The lowest BCUT2D eigenvalue weighted by atomic mass is 10.1. The van der Waals surface area contributed by atoms with E-state index in [1.165, 1.54) is 7.11 Å². The average molecular weight is 248 g/mol. The molecule has 1 saturated carbocycles. The molecule has 0 heterocycles. The molecule has 4 heteroatoms. The Morgan fingerprint density at radius 1 is 1.00 bits per heavy atom. The second-order valence-corrected chi connectivity index (χ2v) is 4.38. The van der Waals surface area contributed by atoms with Crippen LogP contribution in [-0.4, -0.2) is 25.2 Å². The van der Waals surface area contributed by atoms with Gasteiger partial charge in [-0.3, -0.25) is 0 Å². The fourth-order valence-electron chi connectivity index (χ4n) is 2.09. The molecule has 4 nitrogen and oxygen atoms in total. The van der Waals surface area contributed by atoms with Crippen LogP contribution in [0, 0.1) is 0 Å². The van der Waals surface area contributed by atoms with Crippen molar-refractivity contribution in [1.29, 1.82) is 0 Å². The maximum atomic E-state index is 11.8. The van der Waals surface area contributed by atoms with Gasteiger partial charge < -0.3 is 9.47 Å². The number of carbonyl (C=O) groups excluding carboxylic acids is 2. The van der Waals surface area contributed by atoms with E-state index in [1.807, 2.05) is 0 Å². The monoisotopic (exact) mass is 248 g/mol. The molecule has 0 radical (unpaired) electrons. The third kappa shape index (κ3) is 2.88. The van der Waals surface area contributed by atoms with Gasteiger partial charge in [0.2, 0.25) is 0 Å². The first-order valence-corrected chi connectivity index (χ1v) is 6.10. The Labute approximate surface area is 106 Å². The summed E-state index contributed by atoms with van der Waals surface area (Å²) >= 11 is 0. The minimum absolute atomic E-state index is 0.0535. The van der Waals surface area contributed by atoms with Crippen LogP contribution >= 0.6 is 0 Å². The van der Waals surface area contributed by atoms with Gasteiger partial charge in [-0.25, -0.2) is 9.59 Å². The van der Waals surface area contributed by atoms with E-state index in [9.17, 15) is 9.59 Å². The van der Waals surface area contributed by atoms with Crippen molar-refractivity contribution in [3.8, 4) is 0 Å². The molecule has 0 amide bonds. The third-order valence-corrected chi connectivity index (χ3v) is 3.12. The topological polar surface area (TPSA) is 52.6 Å². The summed E-state index contributed by atoms with van der Waals surface area (Å²) in [4.78, 5) is 23.0. The van der Waals surface area contributed by atoms with Gasteiger partial charge in [-0.15, -0.1) is 0 Å². The van der Waals surface area contributed by atoms with Crippen LogP contribution in [0.3, 0.4) is 0 Å². The number of methoxy groups -OCH3 is 1. The highest BCUT2D eigenvalue weighted by Gasteiger charge is 2.20. The third-order valence-electron chi connectivity index (χ3n) is 3.12. The number of hydrogen-bond acceptors (Lipinski definition) is 4. The van der Waals surface area contributed by atoms with E-state index in [0.717, 1.165) is 25.7 Å². The highest BCUT2D eigenvalue weighted by atomic mass is 16.5. The summed E-state index contributed by atoms with van der Waals surface area (Å²) in [5.74, 6) is -0.732.